The van der Waals surface area contributed by atoms with E-state index in [1.165, 1.54) is 10.6 Å². The van der Waals surface area contributed by atoms with Gasteiger partial charge in [0.15, 0.2) is 0 Å². The summed E-state index contributed by atoms with van der Waals surface area (Å²) in [5, 5.41) is 0.109. The van der Waals surface area contributed by atoms with Crippen LogP contribution in [0.3, 0.4) is 0 Å². The van der Waals surface area contributed by atoms with Gasteiger partial charge >= 0.3 is 11.9 Å². The van der Waals surface area contributed by atoms with Crippen molar-refractivity contribution in [3.05, 3.63) is 64.6 Å². The molecule has 3 aromatic rings. The molecule has 3 aliphatic rings. The summed E-state index contributed by atoms with van der Waals surface area (Å²) >= 11 is 1.16. The predicted molar refractivity (Wildman–Crippen MR) is 158 cm³/mol. The van der Waals surface area contributed by atoms with Crippen molar-refractivity contribution in [2.45, 2.75) is 56.4 Å². The lowest BCUT2D eigenvalue weighted by molar-refractivity contribution is -0.137. The second-order valence-electron chi connectivity index (χ2n) is 11.9. The summed E-state index contributed by atoms with van der Waals surface area (Å²) < 4.78 is 81.0. The van der Waals surface area contributed by atoms with E-state index >= 15 is 4.39 Å². The summed E-state index contributed by atoms with van der Waals surface area (Å²) in [5.74, 6) is -1.87. The molecule has 2 saturated heterocycles. The number of aromatic nitrogens is 2. The number of benzene rings is 2. The van der Waals surface area contributed by atoms with E-state index in [0.29, 0.717) is 37.9 Å². The van der Waals surface area contributed by atoms with E-state index in [9.17, 15) is 27.2 Å². The lowest BCUT2D eigenvalue weighted by Gasteiger charge is -2.44. The number of nitrogens with zero attached hydrogens (tertiary/aromatic N) is 4. The number of hydrogen-bond acceptors (Lipinski definition) is 6. The van der Waals surface area contributed by atoms with Crippen LogP contribution in [-0.2, 0) is 22.3 Å². The molecule has 1 amide bonds. The van der Waals surface area contributed by atoms with E-state index in [0.717, 1.165) is 30.0 Å². The Hall–Kier alpha value is -3.45. The fourth-order valence-electron chi connectivity index (χ4n) is 6.85. The molecule has 6 rings (SSSR count). The van der Waals surface area contributed by atoms with E-state index in [2.05, 4.69) is 11.6 Å². The number of rotatable bonds is 3. The molecule has 234 valence electrons. The van der Waals surface area contributed by atoms with E-state index in [1.807, 2.05) is 13.8 Å². The van der Waals surface area contributed by atoms with Gasteiger partial charge in [-0.05, 0) is 51.0 Å². The van der Waals surface area contributed by atoms with Gasteiger partial charge in [-0.1, -0.05) is 6.58 Å². The zero-order valence-electron chi connectivity index (χ0n) is 24.2. The Morgan fingerprint density at radius 2 is 1.82 bits per heavy atom. The highest BCUT2D eigenvalue weighted by Crippen LogP contribution is 2.51. The predicted octanol–water partition coefficient (Wildman–Crippen LogP) is 5.87. The first-order valence-corrected chi connectivity index (χ1v) is 15.4. The van der Waals surface area contributed by atoms with Gasteiger partial charge in [-0.2, -0.15) is 18.2 Å². The summed E-state index contributed by atoms with van der Waals surface area (Å²) in [4.78, 5) is 34.3. The number of hydrogen-bond donors (Lipinski definition) is 0. The van der Waals surface area contributed by atoms with Gasteiger partial charge in [0.2, 0.25) is 5.91 Å². The van der Waals surface area contributed by atoms with E-state index in [4.69, 9.17) is 4.74 Å². The van der Waals surface area contributed by atoms with E-state index in [1.54, 1.807) is 9.80 Å². The van der Waals surface area contributed by atoms with Gasteiger partial charge in [0.05, 0.1) is 11.1 Å². The summed E-state index contributed by atoms with van der Waals surface area (Å²) in [7, 11) is 0. The molecule has 0 unspecified atom stereocenters. The van der Waals surface area contributed by atoms with Crippen molar-refractivity contribution < 1.29 is 31.5 Å². The number of alkyl halides is 3. The largest absolute Gasteiger partial charge is 0.417 e. The smallest absolute Gasteiger partial charge is 0.381 e. The van der Waals surface area contributed by atoms with Crippen LogP contribution in [0.4, 0.5) is 27.8 Å². The molecule has 1 spiro atoms. The standard InChI is InChI=1S/C31H31F5N4O3S/c1-4-24(41)40-17(2)13-38(14-18(40)3)28-21-12-22(31(34,35)36)25(20-6-5-19(32)11-23(20)33)27-26(21)39(29(42)37-28)15-30(16-44-27)7-9-43-10-8-30/h4-6,11-12,17-18H,1,7-10,13-16H2,2-3H3/t17-,18+. The molecule has 2 fully saturated rings. The fourth-order valence-corrected chi connectivity index (χ4v) is 8.40. The van der Waals surface area contributed by atoms with Gasteiger partial charge in [0.25, 0.3) is 0 Å². The Morgan fingerprint density at radius 1 is 1.14 bits per heavy atom. The molecule has 13 heteroatoms. The topological polar surface area (TPSA) is 67.7 Å². The van der Waals surface area contributed by atoms with Crippen LogP contribution < -0.4 is 10.6 Å². The van der Waals surface area contributed by atoms with Crippen molar-refractivity contribution in [1.82, 2.24) is 14.5 Å². The van der Waals surface area contributed by atoms with Gasteiger partial charge < -0.3 is 14.5 Å². The highest BCUT2D eigenvalue weighted by molar-refractivity contribution is 7.99. The summed E-state index contributed by atoms with van der Waals surface area (Å²) in [5.41, 5.74) is -2.77. The number of amides is 1. The van der Waals surface area contributed by atoms with E-state index in [-0.39, 0.29) is 59.2 Å². The van der Waals surface area contributed by atoms with Crippen LogP contribution in [0.25, 0.3) is 22.0 Å². The van der Waals surface area contributed by atoms with Crippen LogP contribution in [-0.4, -0.2) is 64.5 Å². The molecular weight excluding hydrogens is 603 g/mol. The number of carbonyl (C=O) groups excluding carboxylic acids is 1. The number of ether oxygens (including phenoxy) is 1. The Bertz CT molecular complexity index is 1710. The third kappa shape index (κ3) is 5.17. The van der Waals surface area contributed by atoms with Gasteiger partial charge in [0, 0.05) is 83.6 Å². The molecule has 44 heavy (non-hydrogen) atoms. The Morgan fingerprint density at radius 3 is 2.43 bits per heavy atom. The first-order valence-electron chi connectivity index (χ1n) is 14.4. The maximum Gasteiger partial charge on any atom is 0.417 e. The van der Waals surface area contributed by atoms with Gasteiger partial charge in [-0.25, -0.2) is 13.6 Å². The normalized spacial score (nSPS) is 21.9. The van der Waals surface area contributed by atoms with Crippen molar-refractivity contribution in [2.75, 3.05) is 37.0 Å². The minimum Gasteiger partial charge on any atom is -0.381 e. The summed E-state index contributed by atoms with van der Waals surface area (Å²) in [6.07, 6.45) is -2.53. The van der Waals surface area contributed by atoms with Crippen molar-refractivity contribution in [3.8, 4) is 11.1 Å². The molecule has 1 aromatic heterocycles. The van der Waals surface area contributed by atoms with Crippen LogP contribution in [0.2, 0.25) is 0 Å². The maximum absolute atomic E-state index is 15.3. The van der Waals surface area contributed by atoms with Crippen molar-refractivity contribution in [3.63, 3.8) is 0 Å². The zero-order valence-corrected chi connectivity index (χ0v) is 25.0. The minimum atomic E-state index is -4.92. The molecular formula is C31H31F5N4O3S. The molecule has 2 atom stereocenters. The second kappa shape index (κ2) is 11.2. The molecule has 0 radical (unpaired) electrons. The van der Waals surface area contributed by atoms with Crippen LogP contribution in [0, 0.1) is 17.0 Å². The molecule has 4 heterocycles. The SMILES string of the molecule is C=CC(=O)N1[C@H](C)CN(c2nc(=O)n3c4c(c(-c5ccc(F)cc5F)c(C(F)(F)F)cc24)SCC2(CCOCC2)C3)C[C@@H]1C. The Kier molecular flexibility index (Phi) is 7.76. The average molecular weight is 635 g/mol. The Labute approximate surface area is 254 Å². The lowest BCUT2D eigenvalue weighted by Crippen LogP contribution is -2.58. The van der Waals surface area contributed by atoms with Gasteiger partial charge in [0.1, 0.15) is 17.5 Å². The number of carbonyl (C=O) groups is 1. The molecule has 2 aromatic carbocycles. The van der Waals surface area contributed by atoms with Gasteiger partial charge in [-0.15, -0.1) is 11.8 Å². The highest BCUT2D eigenvalue weighted by atomic mass is 32.2. The maximum atomic E-state index is 15.3. The molecule has 0 saturated carbocycles. The van der Waals surface area contributed by atoms with Crippen LogP contribution >= 0.6 is 11.8 Å². The van der Waals surface area contributed by atoms with Crippen molar-refractivity contribution in [1.29, 1.82) is 0 Å². The summed E-state index contributed by atoms with van der Waals surface area (Å²) in [6.45, 7) is 8.72. The molecule has 3 aliphatic heterocycles. The molecule has 0 bridgehead atoms. The zero-order chi connectivity index (χ0) is 31.6. The van der Waals surface area contributed by atoms with Gasteiger partial charge in [-0.3, -0.25) is 9.36 Å². The molecule has 0 aliphatic carbocycles. The number of anilines is 1. The second-order valence-corrected chi connectivity index (χ2v) is 12.9. The third-order valence-corrected chi connectivity index (χ3v) is 10.4. The first kappa shape index (κ1) is 30.6. The van der Waals surface area contributed by atoms with E-state index < -0.39 is 45.6 Å². The lowest BCUT2D eigenvalue weighted by atomic mass is 9.82. The number of thioether (sulfide) groups is 1. The average Bonchev–Trinajstić information content (AvgIpc) is 3.12. The fraction of sp³-hybridized carbons (Fsp3) is 0.452. The monoisotopic (exact) mass is 634 g/mol. The number of piperazine rings is 1. The quantitative estimate of drug-likeness (QED) is 0.265. The minimum absolute atomic E-state index is 0.0760. The third-order valence-electron chi connectivity index (χ3n) is 8.92. The summed E-state index contributed by atoms with van der Waals surface area (Å²) in [6, 6.07) is 2.73. The van der Waals surface area contributed by atoms with Crippen LogP contribution in [0.15, 0.2) is 46.6 Å². The van der Waals surface area contributed by atoms with Crippen LogP contribution in [0.5, 0.6) is 0 Å². The van der Waals surface area contributed by atoms with Crippen molar-refractivity contribution >= 4 is 34.4 Å². The highest BCUT2D eigenvalue weighted by Gasteiger charge is 2.43. The molecule has 0 N–H and O–H groups in total. The first-order chi connectivity index (χ1) is 20.8. The van der Waals surface area contributed by atoms with Crippen LogP contribution in [0.1, 0.15) is 32.3 Å². The van der Waals surface area contributed by atoms with Crippen molar-refractivity contribution in [2.24, 2.45) is 5.41 Å². The molecule has 7 nitrogen and oxygen atoms in total. The Balaban J connectivity index is 1.65. The number of halogens is 5.